The maximum atomic E-state index is 11.9. The van der Waals surface area contributed by atoms with Crippen LogP contribution in [-0.4, -0.2) is 13.4 Å². The molecule has 17 heavy (non-hydrogen) atoms. The van der Waals surface area contributed by atoms with E-state index in [4.69, 9.17) is 0 Å². The van der Waals surface area contributed by atoms with E-state index in [1.165, 1.54) is 29.7 Å². The van der Waals surface area contributed by atoms with Crippen molar-refractivity contribution in [3.05, 3.63) is 44.6 Å². The second kappa shape index (κ2) is 4.63. The van der Waals surface area contributed by atoms with Crippen molar-refractivity contribution in [2.75, 3.05) is 4.72 Å². The van der Waals surface area contributed by atoms with Crippen LogP contribution < -0.4 is 10.3 Å². The lowest BCUT2D eigenvalue weighted by atomic mass is 10.5. The van der Waals surface area contributed by atoms with Crippen LogP contribution in [-0.2, 0) is 10.0 Å². The third kappa shape index (κ3) is 2.76. The molecule has 0 aliphatic carbocycles. The van der Waals surface area contributed by atoms with E-state index < -0.39 is 15.6 Å². The van der Waals surface area contributed by atoms with Crippen LogP contribution in [0.2, 0.25) is 0 Å². The van der Waals surface area contributed by atoms with Gasteiger partial charge in [-0.25, -0.2) is 8.42 Å². The Labute approximate surface area is 110 Å². The molecule has 0 atom stereocenters. The summed E-state index contributed by atoms with van der Waals surface area (Å²) in [5, 5.41) is 0.445. The van der Waals surface area contributed by atoms with Gasteiger partial charge in [0.15, 0.2) is 4.90 Å². The van der Waals surface area contributed by atoms with Crippen LogP contribution in [0.15, 0.2) is 43.9 Å². The van der Waals surface area contributed by atoms with Crippen molar-refractivity contribution in [3.63, 3.8) is 0 Å². The van der Waals surface area contributed by atoms with Gasteiger partial charge < -0.3 is 4.98 Å². The number of nitrogens with one attached hydrogen (secondary N) is 2. The number of H-pyrrole nitrogens is 1. The number of thiophene rings is 1. The second-order valence-electron chi connectivity index (χ2n) is 3.07. The van der Waals surface area contributed by atoms with Gasteiger partial charge in [-0.1, -0.05) is 0 Å². The lowest BCUT2D eigenvalue weighted by molar-refractivity contribution is 0.600. The third-order valence-corrected chi connectivity index (χ3v) is 4.94. The quantitative estimate of drug-likeness (QED) is 0.900. The minimum Gasteiger partial charge on any atom is -0.328 e. The molecule has 2 aromatic heterocycles. The van der Waals surface area contributed by atoms with Gasteiger partial charge in [0.2, 0.25) is 0 Å². The first-order valence-corrected chi connectivity index (χ1v) is 7.54. The first-order chi connectivity index (χ1) is 7.99. The van der Waals surface area contributed by atoms with Crippen molar-refractivity contribution in [1.82, 2.24) is 4.98 Å². The molecule has 0 unspecified atom stereocenters. The highest BCUT2D eigenvalue weighted by molar-refractivity contribution is 9.11. The zero-order valence-corrected chi connectivity index (χ0v) is 11.5. The van der Waals surface area contributed by atoms with Crippen LogP contribution in [0.3, 0.4) is 0 Å². The Morgan fingerprint density at radius 2 is 2.06 bits per heavy atom. The van der Waals surface area contributed by atoms with Crippen LogP contribution in [0.1, 0.15) is 0 Å². The molecule has 0 aliphatic heterocycles. The molecule has 2 aromatic rings. The van der Waals surface area contributed by atoms with Crippen LogP contribution >= 0.6 is 27.3 Å². The summed E-state index contributed by atoms with van der Waals surface area (Å²) in [5.41, 5.74) is -0.643. The molecular formula is C9H7BrN2O3S2. The molecule has 90 valence electrons. The average Bonchev–Trinajstić information content (AvgIpc) is 2.63. The molecule has 0 bridgehead atoms. The van der Waals surface area contributed by atoms with Gasteiger partial charge in [-0.2, -0.15) is 0 Å². The largest absolute Gasteiger partial charge is 0.328 e. The molecule has 2 rings (SSSR count). The van der Waals surface area contributed by atoms with E-state index in [1.54, 1.807) is 12.1 Å². The van der Waals surface area contributed by atoms with E-state index in [0.717, 1.165) is 3.79 Å². The molecular weight excluding hydrogens is 328 g/mol. The van der Waals surface area contributed by atoms with Crippen molar-refractivity contribution in [1.29, 1.82) is 0 Å². The lowest BCUT2D eigenvalue weighted by Gasteiger charge is -2.04. The van der Waals surface area contributed by atoms with Crippen molar-refractivity contribution in [2.24, 2.45) is 0 Å². The minimum absolute atomic E-state index is 0.301. The topological polar surface area (TPSA) is 79.0 Å². The van der Waals surface area contributed by atoms with Crippen molar-refractivity contribution < 1.29 is 8.42 Å². The first kappa shape index (κ1) is 12.3. The van der Waals surface area contributed by atoms with E-state index in [9.17, 15) is 13.2 Å². The number of aromatic amines is 1. The molecule has 5 nitrogen and oxygen atoms in total. The summed E-state index contributed by atoms with van der Waals surface area (Å²) >= 11 is 4.46. The highest BCUT2D eigenvalue weighted by Gasteiger charge is 2.18. The summed E-state index contributed by atoms with van der Waals surface area (Å²) in [6, 6.07) is 6.05. The monoisotopic (exact) mass is 334 g/mol. The van der Waals surface area contributed by atoms with Gasteiger partial charge in [-0.15, -0.1) is 11.3 Å². The molecule has 0 aromatic carbocycles. The van der Waals surface area contributed by atoms with E-state index >= 15 is 0 Å². The Balaban J connectivity index is 2.38. The number of halogens is 1. The summed E-state index contributed by atoms with van der Waals surface area (Å²) in [7, 11) is -3.83. The van der Waals surface area contributed by atoms with E-state index in [0.29, 0.717) is 5.00 Å². The number of hydrogen-bond donors (Lipinski definition) is 2. The summed E-state index contributed by atoms with van der Waals surface area (Å²) in [6.07, 6.45) is 1.38. The normalized spacial score (nSPS) is 11.4. The molecule has 2 heterocycles. The highest BCUT2D eigenvalue weighted by atomic mass is 79.9. The summed E-state index contributed by atoms with van der Waals surface area (Å²) < 4.78 is 26.9. The van der Waals surface area contributed by atoms with E-state index in [2.05, 4.69) is 25.6 Å². The van der Waals surface area contributed by atoms with Crippen LogP contribution in [0, 0.1) is 0 Å². The zero-order chi connectivity index (χ0) is 12.5. The molecule has 0 saturated carbocycles. The third-order valence-electron chi connectivity index (χ3n) is 1.88. The molecule has 0 spiro atoms. The number of pyridine rings is 1. The number of rotatable bonds is 3. The van der Waals surface area contributed by atoms with Gasteiger partial charge in [0, 0.05) is 6.20 Å². The number of hydrogen-bond acceptors (Lipinski definition) is 4. The van der Waals surface area contributed by atoms with Gasteiger partial charge in [-0.3, -0.25) is 9.52 Å². The predicted molar refractivity (Wildman–Crippen MR) is 69.9 cm³/mol. The molecule has 0 saturated heterocycles. The molecule has 0 radical (unpaired) electrons. The number of aromatic nitrogens is 1. The van der Waals surface area contributed by atoms with E-state index in [-0.39, 0.29) is 4.90 Å². The van der Waals surface area contributed by atoms with Crippen molar-refractivity contribution >= 4 is 42.3 Å². The second-order valence-corrected chi connectivity index (χ2v) is 7.19. The molecule has 2 N–H and O–H groups in total. The maximum absolute atomic E-state index is 11.9. The summed E-state index contributed by atoms with van der Waals surface area (Å²) in [6.45, 7) is 0. The summed E-state index contributed by atoms with van der Waals surface area (Å²) in [5.74, 6) is 0. The van der Waals surface area contributed by atoms with Crippen LogP contribution in [0.4, 0.5) is 5.00 Å². The van der Waals surface area contributed by atoms with Gasteiger partial charge in [0.25, 0.3) is 15.6 Å². The van der Waals surface area contributed by atoms with Crippen molar-refractivity contribution in [2.45, 2.75) is 4.90 Å². The standard InChI is InChI=1S/C9H7BrN2O3S2/c10-7-3-4-8(16-7)12-17(14,15)6-2-1-5-11-9(6)13/h1-5,12H,(H,11,13). The SMILES string of the molecule is O=c1[nH]cccc1S(=O)(=O)Nc1ccc(Br)s1. The minimum atomic E-state index is -3.83. The summed E-state index contributed by atoms with van der Waals surface area (Å²) in [4.78, 5) is 13.4. The van der Waals surface area contributed by atoms with Gasteiger partial charge in [0.1, 0.15) is 5.00 Å². The van der Waals surface area contributed by atoms with Gasteiger partial charge >= 0.3 is 0 Å². The number of anilines is 1. The smallest absolute Gasteiger partial charge is 0.268 e. The fourth-order valence-corrected chi connectivity index (χ4v) is 3.81. The number of sulfonamides is 1. The molecule has 0 amide bonds. The Kier molecular flexibility index (Phi) is 3.36. The fraction of sp³-hybridized carbons (Fsp3) is 0. The molecule has 8 heteroatoms. The average molecular weight is 335 g/mol. The zero-order valence-electron chi connectivity index (χ0n) is 8.31. The Morgan fingerprint density at radius 1 is 1.29 bits per heavy atom. The Bertz CT molecular complexity index is 690. The van der Waals surface area contributed by atoms with E-state index in [1.807, 2.05) is 0 Å². The Hall–Kier alpha value is -1.12. The first-order valence-electron chi connectivity index (χ1n) is 4.45. The van der Waals surface area contributed by atoms with Gasteiger partial charge in [-0.05, 0) is 40.2 Å². The molecule has 0 aliphatic rings. The maximum Gasteiger partial charge on any atom is 0.268 e. The fourth-order valence-electron chi connectivity index (χ4n) is 1.17. The van der Waals surface area contributed by atoms with Crippen molar-refractivity contribution in [3.8, 4) is 0 Å². The van der Waals surface area contributed by atoms with Gasteiger partial charge in [0.05, 0.1) is 3.79 Å². The lowest BCUT2D eigenvalue weighted by Crippen LogP contribution is -2.21. The molecule has 0 fully saturated rings. The Morgan fingerprint density at radius 3 is 2.65 bits per heavy atom. The predicted octanol–water partition coefficient (Wildman–Crippen LogP) is 2.00. The van der Waals surface area contributed by atoms with Crippen LogP contribution in [0.5, 0.6) is 0 Å². The highest BCUT2D eigenvalue weighted by Crippen LogP contribution is 2.27. The van der Waals surface area contributed by atoms with Crippen LogP contribution in [0.25, 0.3) is 0 Å².